The van der Waals surface area contributed by atoms with E-state index in [1.807, 2.05) is 0 Å². The Morgan fingerprint density at radius 2 is 2.50 bits per heavy atom. The maximum absolute atomic E-state index is 11.7. The first-order valence-electron chi connectivity index (χ1n) is 4.81. The van der Waals surface area contributed by atoms with Crippen molar-refractivity contribution in [2.45, 2.75) is 6.42 Å². The van der Waals surface area contributed by atoms with E-state index in [1.54, 1.807) is 0 Å². The van der Waals surface area contributed by atoms with Gasteiger partial charge in [-0.1, -0.05) is 0 Å². The predicted octanol–water partition coefficient (Wildman–Crippen LogP) is 0.391. The number of hydrogen-bond donors (Lipinski definition) is 3. The fourth-order valence-electron chi connectivity index (χ4n) is 1.76. The van der Waals surface area contributed by atoms with Gasteiger partial charge >= 0.3 is 5.97 Å². The van der Waals surface area contributed by atoms with Crippen LogP contribution in [0.25, 0.3) is 0 Å². The summed E-state index contributed by atoms with van der Waals surface area (Å²) in [6.07, 6.45) is 1.61. The molecule has 1 saturated heterocycles. The normalized spacial score (nSPS) is 20.4. The fourth-order valence-corrected chi connectivity index (χ4v) is 2.01. The van der Waals surface area contributed by atoms with Gasteiger partial charge in [-0.2, -0.15) is 17.7 Å². The van der Waals surface area contributed by atoms with Gasteiger partial charge in [0.05, 0.1) is 6.20 Å². The van der Waals surface area contributed by atoms with Crippen LogP contribution in [-0.2, 0) is 4.79 Å². The lowest BCUT2D eigenvalue weighted by molar-refractivity contribution is -0.117. The number of carbonyl (C=O) groups is 2. The van der Waals surface area contributed by atoms with Crippen LogP contribution >= 0.6 is 12.6 Å². The summed E-state index contributed by atoms with van der Waals surface area (Å²) in [4.78, 5) is 24.0. The molecule has 1 aromatic heterocycles. The van der Waals surface area contributed by atoms with Gasteiger partial charge in [-0.25, -0.2) is 4.79 Å². The topological polar surface area (TPSA) is 86.3 Å². The van der Waals surface area contributed by atoms with Crippen molar-refractivity contribution in [3.8, 4) is 0 Å². The monoisotopic (exact) mass is 241 g/mol. The molecule has 86 valence electrons. The van der Waals surface area contributed by atoms with Gasteiger partial charge in [0.25, 0.3) is 0 Å². The van der Waals surface area contributed by atoms with E-state index in [2.05, 4.69) is 22.8 Å². The van der Waals surface area contributed by atoms with Crippen LogP contribution in [0.3, 0.4) is 0 Å². The number of rotatable bonds is 3. The summed E-state index contributed by atoms with van der Waals surface area (Å²) < 4.78 is 0. The molecule has 6 nitrogen and oxygen atoms in total. The molecule has 0 spiro atoms. The third-order valence-electron chi connectivity index (χ3n) is 2.58. The van der Waals surface area contributed by atoms with E-state index in [0.29, 0.717) is 18.7 Å². The van der Waals surface area contributed by atoms with Gasteiger partial charge in [-0.3, -0.25) is 14.8 Å². The van der Waals surface area contributed by atoms with Gasteiger partial charge < -0.3 is 5.11 Å². The second-order valence-corrected chi connectivity index (χ2v) is 4.06. The molecule has 1 atom stereocenters. The number of anilines is 1. The second-order valence-electron chi connectivity index (χ2n) is 3.69. The number of hydrogen-bond acceptors (Lipinski definition) is 4. The third kappa shape index (κ3) is 1.78. The molecule has 0 saturated carbocycles. The summed E-state index contributed by atoms with van der Waals surface area (Å²) >= 11 is 4.14. The molecule has 1 unspecified atom stereocenters. The van der Waals surface area contributed by atoms with Crippen molar-refractivity contribution < 1.29 is 14.7 Å². The Bertz CT molecular complexity index is 431. The maximum Gasteiger partial charge on any atom is 0.341 e. The highest BCUT2D eigenvalue weighted by Gasteiger charge is 2.33. The molecule has 1 aromatic rings. The Morgan fingerprint density at radius 1 is 1.75 bits per heavy atom. The van der Waals surface area contributed by atoms with E-state index in [-0.39, 0.29) is 23.2 Å². The van der Waals surface area contributed by atoms with E-state index in [0.717, 1.165) is 0 Å². The van der Waals surface area contributed by atoms with Gasteiger partial charge in [0.2, 0.25) is 5.91 Å². The lowest BCUT2D eigenvalue weighted by atomic mass is 10.1. The van der Waals surface area contributed by atoms with Crippen LogP contribution in [0, 0.1) is 5.92 Å². The Labute approximate surface area is 97.0 Å². The number of carbonyl (C=O) groups excluding carboxylic acids is 1. The highest BCUT2D eigenvalue weighted by molar-refractivity contribution is 7.80. The highest BCUT2D eigenvalue weighted by atomic mass is 32.1. The van der Waals surface area contributed by atoms with Crippen molar-refractivity contribution in [1.29, 1.82) is 0 Å². The minimum absolute atomic E-state index is 0.0214. The van der Waals surface area contributed by atoms with Crippen LogP contribution < -0.4 is 4.90 Å². The van der Waals surface area contributed by atoms with Crippen LogP contribution in [0.1, 0.15) is 16.8 Å². The standard InChI is InChI=1S/C9H11N3O3S/c13-7-1-5(4-16)3-12(7)8-6(9(14)15)2-10-11-8/h2,5,16H,1,3-4H2,(H,10,11)(H,14,15). The lowest BCUT2D eigenvalue weighted by Gasteiger charge is -2.14. The first-order chi connectivity index (χ1) is 7.63. The van der Waals surface area contributed by atoms with Crippen LogP contribution in [0.15, 0.2) is 6.20 Å². The smallest absolute Gasteiger partial charge is 0.341 e. The molecule has 2 N–H and O–H groups in total. The minimum atomic E-state index is -1.09. The molecule has 7 heteroatoms. The maximum atomic E-state index is 11.7. The molecule has 1 fully saturated rings. The Kier molecular flexibility index (Phi) is 2.86. The van der Waals surface area contributed by atoms with Crippen molar-refractivity contribution in [1.82, 2.24) is 10.2 Å². The highest BCUT2D eigenvalue weighted by Crippen LogP contribution is 2.26. The summed E-state index contributed by atoms with van der Waals surface area (Å²) in [5.41, 5.74) is 0.0214. The summed E-state index contributed by atoms with van der Waals surface area (Å²) in [6, 6.07) is 0. The fraction of sp³-hybridized carbons (Fsp3) is 0.444. The largest absolute Gasteiger partial charge is 0.477 e. The average molecular weight is 241 g/mol. The number of H-pyrrole nitrogens is 1. The molecular weight excluding hydrogens is 230 g/mol. The molecular formula is C9H11N3O3S. The molecule has 1 aliphatic heterocycles. The van der Waals surface area contributed by atoms with Crippen LogP contribution in [-0.4, -0.2) is 39.5 Å². The van der Waals surface area contributed by atoms with Crippen LogP contribution in [0.4, 0.5) is 5.82 Å². The molecule has 1 aliphatic rings. The van der Waals surface area contributed by atoms with E-state index in [1.165, 1.54) is 11.1 Å². The number of carboxylic acids is 1. The SMILES string of the molecule is O=C(O)c1cn[nH]c1N1CC(CS)CC1=O. The molecule has 1 amide bonds. The quantitative estimate of drug-likeness (QED) is 0.668. The van der Waals surface area contributed by atoms with E-state index >= 15 is 0 Å². The van der Waals surface area contributed by atoms with Gasteiger partial charge in [0.15, 0.2) is 0 Å². The summed E-state index contributed by atoms with van der Waals surface area (Å²) in [5, 5.41) is 15.1. The minimum Gasteiger partial charge on any atom is -0.477 e. The lowest BCUT2D eigenvalue weighted by Crippen LogP contribution is -2.26. The number of nitrogens with one attached hydrogen (secondary N) is 1. The molecule has 0 bridgehead atoms. The predicted molar refractivity (Wildman–Crippen MR) is 59.9 cm³/mol. The van der Waals surface area contributed by atoms with Crippen molar-refractivity contribution in [2.75, 3.05) is 17.2 Å². The molecule has 16 heavy (non-hydrogen) atoms. The van der Waals surface area contributed by atoms with Gasteiger partial charge in [0, 0.05) is 13.0 Å². The Hall–Kier alpha value is -1.50. The average Bonchev–Trinajstić information content (AvgIpc) is 2.82. The van der Waals surface area contributed by atoms with E-state index < -0.39 is 5.97 Å². The number of aromatic nitrogens is 2. The zero-order valence-corrected chi connectivity index (χ0v) is 9.28. The molecule has 2 heterocycles. The molecule has 0 radical (unpaired) electrons. The van der Waals surface area contributed by atoms with Crippen molar-refractivity contribution in [2.24, 2.45) is 5.92 Å². The molecule has 2 rings (SSSR count). The summed E-state index contributed by atoms with van der Waals surface area (Å²) in [5.74, 6) is -0.141. The second kappa shape index (κ2) is 4.17. The van der Waals surface area contributed by atoms with Crippen LogP contribution in [0.5, 0.6) is 0 Å². The zero-order valence-electron chi connectivity index (χ0n) is 8.38. The summed E-state index contributed by atoms with van der Waals surface area (Å²) in [7, 11) is 0. The van der Waals surface area contributed by atoms with E-state index in [4.69, 9.17) is 5.11 Å². The Morgan fingerprint density at radius 3 is 3.06 bits per heavy atom. The molecule has 0 aromatic carbocycles. The number of nitrogens with zero attached hydrogens (tertiary/aromatic N) is 2. The third-order valence-corrected chi connectivity index (χ3v) is 3.10. The van der Waals surface area contributed by atoms with E-state index in [9.17, 15) is 9.59 Å². The number of aromatic amines is 1. The van der Waals surface area contributed by atoms with Gasteiger partial charge in [-0.15, -0.1) is 0 Å². The summed E-state index contributed by atoms with van der Waals surface area (Å²) in [6.45, 7) is 0.491. The van der Waals surface area contributed by atoms with Crippen molar-refractivity contribution in [3.63, 3.8) is 0 Å². The zero-order chi connectivity index (χ0) is 11.7. The van der Waals surface area contributed by atoms with Gasteiger partial charge in [0.1, 0.15) is 11.4 Å². The molecule has 0 aliphatic carbocycles. The Balaban J connectivity index is 2.28. The van der Waals surface area contributed by atoms with Crippen molar-refractivity contribution >= 4 is 30.3 Å². The number of aromatic carboxylic acids is 1. The van der Waals surface area contributed by atoms with Crippen molar-refractivity contribution in [3.05, 3.63) is 11.8 Å². The number of amides is 1. The van der Waals surface area contributed by atoms with Crippen LogP contribution in [0.2, 0.25) is 0 Å². The number of carboxylic acid groups (broad SMARTS) is 1. The first kappa shape index (κ1) is 11.0. The number of thiol groups is 1. The van der Waals surface area contributed by atoms with Gasteiger partial charge in [-0.05, 0) is 11.7 Å². The first-order valence-corrected chi connectivity index (χ1v) is 5.44.